The van der Waals surface area contributed by atoms with E-state index in [1.165, 1.54) is 24.3 Å². The van der Waals surface area contributed by atoms with E-state index in [1.807, 2.05) is 18.9 Å². The van der Waals surface area contributed by atoms with Gasteiger partial charge in [0.2, 0.25) is 5.91 Å². The van der Waals surface area contributed by atoms with E-state index in [0.29, 0.717) is 18.9 Å². The third-order valence-electron chi connectivity index (χ3n) is 3.93. The molecule has 0 bridgehead atoms. The molecule has 6 heteroatoms. The molecule has 0 aliphatic heterocycles. The van der Waals surface area contributed by atoms with Gasteiger partial charge in [-0.15, -0.1) is 0 Å². The Hall–Kier alpha value is -2.47. The Balaban J connectivity index is 1.65. The summed E-state index contributed by atoms with van der Waals surface area (Å²) in [4.78, 5) is 14.0. The lowest BCUT2D eigenvalue weighted by atomic mass is 10.1. The lowest BCUT2D eigenvalue weighted by Gasteiger charge is -2.19. The van der Waals surface area contributed by atoms with Gasteiger partial charge in [-0.1, -0.05) is 12.1 Å². The number of carbonyl (C=O) groups is 1. The van der Waals surface area contributed by atoms with Crippen LogP contribution in [0.3, 0.4) is 0 Å². The van der Waals surface area contributed by atoms with Crippen molar-refractivity contribution in [3.8, 4) is 5.75 Å². The monoisotopic (exact) mass is 362 g/mol. The molecule has 0 spiro atoms. The number of ether oxygens (including phenoxy) is 1. The topological polar surface area (TPSA) is 41.6 Å². The molecule has 0 aliphatic carbocycles. The second-order valence-corrected chi connectivity index (χ2v) is 6.23. The van der Waals surface area contributed by atoms with E-state index in [-0.39, 0.29) is 30.1 Å². The maximum Gasteiger partial charge on any atom is 0.234 e. The molecule has 0 heterocycles. The first kappa shape index (κ1) is 19.8. The zero-order valence-corrected chi connectivity index (χ0v) is 15.0. The van der Waals surface area contributed by atoms with Gasteiger partial charge in [0.05, 0.1) is 19.2 Å². The summed E-state index contributed by atoms with van der Waals surface area (Å²) < 4.78 is 31.3. The van der Waals surface area contributed by atoms with E-state index in [1.54, 1.807) is 24.3 Å². The Labute approximate surface area is 152 Å². The summed E-state index contributed by atoms with van der Waals surface area (Å²) in [5, 5.41) is 2.90. The standard InChI is InChI=1S/C20H24F2N2O2/c1-15(16-4-6-17(21)7-5-16)23-20(25)14-24(2)12-3-13-26-19-10-8-18(22)9-11-19/h4-11,15H,3,12-14H2,1-2H3,(H,23,25). The number of rotatable bonds is 9. The van der Waals surface area contributed by atoms with Gasteiger partial charge in [0.1, 0.15) is 17.4 Å². The average Bonchev–Trinajstić information content (AvgIpc) is 2.60. The van der Waals surface area contributed by atoms with E-state index in [2.05, 4.69) is 5.32 Å². The van der Waals surface area contributed by atoms with Gasteiger partial charge in [0.25, 0.3) is 0 Å². The molecule has 2 rings (SSSR count). The second kappa shape index (κ2) is 9.87. The molecule has 0 aliphatic rings. The molecule has 1 N–H and O–H groups in total. The molecule has 26 heavy (non-hydrogen) atoms. The highest BCUT2D eigenvalue weighted by Gasteiger charge is 2.11. The maximum absolute atomic E-state index is 12.9. The van der Waals surface area contributed by atoms with Gasteiger partial charge < -0.3 is 10.1 Å². The lowest BCUT2D eigenvalue weighted by Crippen LogP contribution is -2.37. The molecule has 2 aromatic rings. The summed E-state index contributed by atoms with van der Waals surface area (Å²) in [6.45, 7) is 3.31. The van der Waals surface area contributed by atoms with Crippen LogP contribution in [0.1, 0.15) is 24.9 Å². The van der Waals surface area contributed by atoms with Crippen molar-refractivity contribution < 1.29 is 18.3 Å². The van der Waals surface area contributed by atoms with Gasteiger partial charge in [-0.25, -0.2) is 8.78 Å². The van der Waals surface area contributed by atoms with Crippen LogP contribution < -0.4 is 10.1 Å². The maximum atomic E-state index is 12.9. The minimum atomic E-state index is -0.296. The van der Waals surface area contributed by atoms with Crippen LogP contribution in [-0.4, -0.2) is 37.6 Å². The summed E-state index contributed by atoms with van der Waals surface area (Å²) in [7, 11) is 1.86. The largest absolute Gasteiger partial charge is 0.494 e. The summed E-state index contributed by atoms with van der Waals surface area (Å²) in [5.41, 5.74) is 0.857. The number of nitrogens with zero attached hydrogens (tertiary/aromatic N) is 1. The molecule has 4 nitrogen and oxygen atoms in total. The molecule has 1 amide bonds. The fourth-order valence-corrected chi connectivity index (χ4v) is 2.50. The summed E-state index contributed by atoms with van der Waals surface area (Å²) in [6, 6.07) is 11.8. The molecule has 1 unspecified atom stereocenters. The van der Waals surface area contributed by atoms with E-state index >= 15 is 0 Å². The molecule has 0 radical (unpaired) electrons. The number of benzene rings is 2. The molecule has 0 aromatic heterocycles. The van der Waals surface area contributed by atoms with Crippen molar-refractivity contribution in [3.05, 3.63) is 65.7 Å². The molecule has 0 saturated heterocycles. The second-order valence-electron chi connectivity index (χ2n) is 6.23. The third-order valence-corrected chi connectivity index (χ3v) is 3.93. The van der Waals surface area contributed by atoms with Crippen molar-refractivity contribution in [3.63, 3.8) is 0 Å². The molecule has 140 valence electrons. The number of likely N-dealkylation sites (N-methyl/N-ethyl adjacent to an activating group) is 1. The summed E-state index contributed by atoms with van der Waals surface area (Å²) in [6.07, 6.45) is 0.745. The first-order valence-corrected chi connectivity index (χ1v) is 8.56. The van der Waals surface area contributed by atoms with Crippen molar-refractivity contribution in [1.29, 1.82) is 0 Å². The van der Waals surface area contributed by atoms with Gasteiger partial charge >= 0.3 is 0 Å². The molecule has 1 atom stereocenters. The number of halogens is 2. The van der Waals surface area contributed by atoms with Crippen LogP contribution in [-0.2, 0) is 4.79 Å². The number of hydrogen-bond acceptors (Lipinski definition) is 3. The first-order chi connectivity index (χ1) is 12.4. The molecule has 0 fully saturated rings. The van der Waals surface area contributed by atoms with Crippen molar-refractivity contribution in [1.82, 2.24) is 10.2 Å². The summed E-state index contributed by atoms with van der Waals surface area (Å²) in [5.74, 6) is -0.0588. The van der Waals surface area contributed by atoms with E-state index in [9.17, 15) is 13.6 Å². The highest BCUT2D eigenvalue weighted by molar-refractivity contribution is 5.78. The predicted molar refractivity (Wildman–Crippen MR) is 97.0 cm³/mol. The van der Waals surface area contributed by atoms with Crippen LogP contribution in [0.5, 0.6) is 5.75 Å². The van der Waals surface area contributed by atoms with Gasteiger partial charge in [-0.05, 0) is 62.4 Å². The lowest BCUT2D eigenvalue weighted by molar-refractivity contribution is -0.122. The smallest absolute Gasteiger partial charge is 0.234 e. The highest BCUT2D eigenvalue weighted by atomic mass is 19.1. The Kier molecular flexibility index (Phi) is 7.53. The fraction of sp³-hybridized carbons (Fsp3) is 0.350. The minimum Gasteiger partial charge on any atom is -0.494 e. The van der Waals surface area contributed by atoms with E-state index < -0.39 is 0 Å². The van der Waals surface area contributed by atoms with Gasteiger partial charge in [-0.2, -0.15) is 0 Å². The van der Waals surface area contributed by atoms with Gasteiger partial charge in [0, 0.05) is 6.54 Å². The third kappa shape index (κ3) is 6.80. The Morgan fingerprint density at radius 2 is 1.65 bits per heavy atom. The zero-order chi connectivity index (χ0) is 18.9. The van der Waals surface area contributed by atoms with Crippen LogP contribution in [0.25, 0.3) is 0 Å². The van der Waals surface area contributed by atoms with Gasteiger partial charge in [-0.3, -0.25) is 9.69 Å². The predicted octanol–water partition coefficient (Wildman–Crippen LogP) is 3.54. The summed E-state index contributed by atoms with van der Waals surface area (Å²) >= 11 is 0. The number of amides is 1. The molecular weight excluding hydrogens is 338 g/mol. The van der Waals surface area contributed by atoms with Crippen molar-refractivity contribution >= 4 is 5.91 Å². The molecular formula is C20H24F2N2O2. The van der Waals surface area contributed by atoms with Crippen LogP contribution in [0.4, 0.5) is 8.78 Å². The normalized spacial score (nSPS) is 12.0. The van der Waals surface area contributed by atoms with Crippen molar-refractivity contribution in [2.24, 2.45) is 0 Å². The molecule has 0 saturated carbocycles. The number of carbonyl (C=O) groups excluding carboxylic acids is 1. The van der Waals surface area contributed by atoms with Crippen LogP contribution >= 0.6 is 0 Å². The quantitative estimate of drug-likeness (QED) is 0.694. The Morgan fingerprint density at radius 1 is 1.08 bits per heavy atom. The van der Waals surface area contributed by atoms with E-state index in [0.717, 1.165) is 12.0 Å². The van der Waals surface area contributed by atoms with Crippen LogP contribution in [0.15, 0.2) is 48.5 Å². The number of hydrogen-bond donors (Lipinski definition) is 1. The van der Waals surface area contributed by atoms with Crippen LogP contribution in [0, 0.1) is 11.6 Å². The fourth-order valence-electron chi connectivity index (χ4n) is 2.50. The first-order valence-electron chi connectivity index (χ1n) is 8.56. The average molecular weight is 362 g/mol. The zero-order valence-electron chi connectivity index (χ0n) is 15.0. The van der Waals surface area contributed by atoms with Crippen molar-refractivity contribution in [2.75, 3.05) is 26.7 Å². The van der Waals surface area contributed by atoms with Gasteiger partial charge in [0.15, 0.2) is 0 Å². The Bertz CT molecular complexity index is 690. The Morgan fingerprint density at radius 3 is 2.27 bits per heavy atom. The minimum absolute atomic E-state index is 0.0937. The van der Waals surface area contributed by atoms with E-state index in [4.69, 9.17) is 4.74 Å². The highest BCUT2D eigenvalue weighted by Crippen LogP contribution is 2.13. The molecule has 2 aromatic carbocycles. The van der Waals surface area contributed by atoms with Crippen LogP contribution in [0.2, 0.25) is 0 Å². The number of nitrogens with one attached hydrogen (secondary N) is 1. The van der Waals surface area contributed by atoms with Crippen molar-refractivity contribution in [2.45, 2.75) is 19.4 Å². The SMILES string of the molecule is CC(NC(=O)CN(C)CCCOc1ccc(F)cc1)c1ccc(F)cc1.